The zero-order valence-corrected chi connectivity index (χ0v) is 18.7. The molecule has 0 spiro atoms. The second-order valence-corrected chi connectivity index (χ2v) is 7.68. The number of hydrogen-bond acceptors (Lipinski definition) is 2. The number of ether oxygens (including phenoxy) is 2. The summed E-state index contributed by atoms with van der Waals surface area (Å²) < 4.78 is 40.4. The second kappa shape index (κ2) is 13.8. The molecule has 31 heavy (non-hydrogen) atoms. The summed E-state index contributed by atoms with van der Waals surface area (Å²) in [7, 11) is 0. The van der Waals surface area contributed by atoms with Gasteiger partial charge in [0, 0.05) is 17.7 Å². The minimum absolute atomic E-state index is 0.229. The molecule has 0 heterocycles. The standard InChI is InChI=1S/C27H34F2O2/c1-4-6-10-20-30-21(3)11-8-7-9-12-23-15-18-25(27(29)26(23)28)22-13-16-24(17-14-22)31-19-5-2/h5,9,12-18,21H,2,4,6-8,10-11,19-20H2,1,3H3/b12-9+. The first kappa shape index (κ1) is 24.8. The Kier molecular flexibility index (Phi) is 11.0. The van der Waals surface area contributed by atoms with Gasteiger partial charge in [-0.05, 0) is 50.3 Å². The number of unbranched alkanes of at least 4 members (excludes halogenated alkanes) is 3. The van der Waals surface area contributed by atoms with Crippen LogP contribution in [-0.4, -0.2) is 19.3 Å². The van der Waals surface area contributed by atoms with Crippen molar-refractivity contribution in [3.05, 3.63) is 72.3 Å². The van der Waals surface area contributed by atoms with Crippen molar-refractivity contribution in [1.82, 2.24) is 0 Å². The van der Waals surface area contributed by atoms with Crippen LogP contribution in [0.5, 0.6) is 5.75 Å². The third-order valence-corrected chi connectivity index (χ3v) is 5.07. The van der Waals surface area contributed by atoms with Crippen molar-refractivity contribution in [2.45, 2.75) is 58.5 Å². The first-order chi connectivity index (χ1) is 15.1. The van der Waals surface area contributed by atoms with Gasteiger partial charge in [0.25, 0.3) is 0 Å². The van der Waals surface area contributed by atoms with Gasteiger partial charge >= 0.3 is 0 Å². The lowest BCUT2D eigenvalue weighted by atomic mass is 10.0. The highest BCUT2D eigenvalue weighted by molar-refractivity contribution is 5.67. The molecule has 168 valence electrons. The topological polar surface area (TPSA) is 18.5 Å². The minimum atomic E-state index is -0.837. The smallest absolute Gasteiger partial charge is 0.167 e. The molecular formula is C27H34F2O2. The summed E-state index contributed by atoms with van der Waals surface area (Å²) in [5.74, 6) is -1.01. The van der Waals surface area contributed by atoms with E-state index in [1.807, 2.05) is 6.08 Å². The Balaban J connectivity index is 1.88. The molecule has 0 aromatic heterocycles. The fourth-order valence-electron chi connectivity index (χ4n) is 3.26. The lowest BCUT2D eigenvalue weighted by Crippen LogP contribution is -2.08. The second-order valence-electron chi connectivity index (χ2n) is 7.68. The average molecular weight is 429 g/mol. The maximum Gasteiger partial charge on any atom is 0.167 e. The molecular weight excluding hydrogens is 394 g/mol. The molecule has 0 radical (unpaired) electrons. The molecule has 1 atom stereocenters. The predicted octanol–water partition coefficient (Wildman–Crippen LogP) is 7.98. The van der Waals surface area contributed by atoms with Gasteiger partial charge in [-0.1, -0.05) is 68.8 Å². The Hall–Kier alpha value is -2.46. The van der Waals surface area contributed by atoms with Crippen molar-refractivity contribution in [1.29, 1.82) is 0 Å². The molecule has 2 aromatic carbocycles. The number of hydrogen-bond donors (Lipinski definition) is 0. The summed E-state index contributed by atoms with van der Waals surface area (Å²) in [6.07, 6.45) is 11.6. The number of benzene rings is 2. The molecule has 2 rings (SSSR count). The highest BCUT2D eigenvalue weighted by atomic mass is 19.2. The number of allylic oxidation sites excluding steroid dienone is 1. The van der Waals surface area contributed by atoms with Crippen molar-refractivity contribution in [2.24, 2.45) is 0 Å². The molecule has 4 heteroatoms. The SMILES string of the molecule is C=CCOc1ccc(-c2ccc(/C=C/CCCC(C)OCCCCC)c(F)c2F)cc1. The van der Waals surface area contributed by atoms with Crippen LogP contribution in [0.3, 0.4) is 0 Å². The van der Waals surface area contributed by atoms with Gasteiger partial charge in [0.05, 0.1) is 6.10 Å². The fourth-order valence-corrected chi connectivity index (χ4v) is 3.26. The summed E-state index contributed by atoms with van der Waals surface area (Å²) >= 11 is 0. The van der Waals surface area contributed by atoms with Crippen LogP contribution in [0.4, 0.5) is 8.78 Å². The third kappa shape index (κ3) is 8.29. The highest BCUT2D eigenvalue weighted by Crippen LogP contribution is 2.28. The van der Waals surface area contributed by atoms with Crippen LogP contribution in [-0.2, 0) is 4.74 Å². The highest BCUT2D eigenvalue weighted by Gasteiger charge is 2.13. The fraction of sp³-hybridized carbons (Fsp3) is 0.407. The monoisotopic (exact) mass is 428 g/mol. The van der Waals surface area contributed by atoms with Gasteiger partial charge in [0.1, 0.15) is 12.4 Å². The Morgan fingerprint density at radius 1 is 1.00 bits per heavy atom. The lowest BCUT2D eigenvalue weighted by Gasteiger charge is -2.12. The van der Waals surface area contributed by atoms with Crippen molar-refractivity contribution in [2.75, 3.05) is 13.2 Å². The molecule has 1 unspecified atom stereocenters. The molecule has 0 amide bonds. The number of halogens is 2. The Labute approximate surface area is 185 Å². The van der Waals surface area contributed by atoms with Crippen LogP contribution >= 0.6 is 0 Å². The van der Waals surface area contributed by atoms with E-state index in [1.54, 1.807) is 48.6 Å². The van der Waals surface area contributed by atoms with Gasteiger partial charge in [-0.25, -0.2) is 8.78 Å². The molecule has 0 aliphatic carbocycles. The van der Waals surface area contributed by atoms with Crippen molar-refractivity contribution >= 4 is 6.08 Å². The summed E-state index contributed by atoms with van der Waals surface area (Å²) in [6, 6.07) is 10.1. The lowest BCUT2D eigenvalue weighted by molar-refractivity contribution is 0.0566. The van der Waals surface area contributed by atoms with Gasteiger partial charge in [-0.2, -0.15) is 0 Å². The summed E-state index contributed by atoms with van der Waals surface area (Å²) in [5.41, 5.74) is 1.10. The molecule has 0 saturated heterocycles. The van der Waals surface area contributed by atoms with E-state index >= 15 is 0 Å². The van der Waals surface area contributed by atoms with Crippen LogP contribution in [0.25, 0.3) is 17.2 Å². The first-order valence-electron chi connectivity index (χ1n) is 11.2. The number of rotatable bonds is 14. The van der Waals surface area contributed by atoms with E-state index in [0.717, 1.165) is 32.3 Å². The van der Waals surface area contributed by atoms with Crippen LogP contribution in [0, 0.1) is 11.6 Å². The molecule has 0 fully saturated rings. The van der Waals surface area contributed by atoms with E-state index in [0.29, 0.717) is 17.9 Å². The maximum atomic E-state index is 14.6. The van der Waals surface area contributed by atoms with Crippen molar-refractivity contribution < 1.29 is 18.3 Å². The van der Waals surface area contributed by atoms with E-state index in [4.69, 9.17) is 9.47 Å². The van der Waals surface area contributed by atoms with Gasteiger partial charge < -0.3 is 9.47 Å². The quantitative estimate of drug-likeness (QED) is 0.224. The minimum Gasteiger partial charge on any atom is -0.490 e. The van der Waals surface area contributed by atoms with E-state index in [-0.39, 0.29) is 17.2 Å². The third-order valence-electron chi connectivity index (χ3n) is 5.07. The Morgan fingerprint density at radius 2 is 1.77 bits per heavy atom. The Morgan fingerprint density at radius 3 is 2.48 bits per heavy atom. The van der Waals surface area contributed by atoms with Gasteiger partial charge in [-0.3, -0.25) is 0 Å². The first-order valence-corrected chi connectivity index (χ1v) is 11.2. The van der Waals surface area contributed by atoms with Crippen LogP contribution in [0.1, 0.15) is 57.9 Å². The summed E-state index contributed by atoms with van der Waals surface area (Å²) in [5, 5.41) is 0. The molecule has 2 nitrogen and oxygen atoms in total. The van der Waals surface area contributed by atoms with Crippen LogP contribution in [0.15, 0.2) is 55.1 Å². The van der Waals surface area contributed by atoms with E-state index in [2.05, 4.69) is 20.4 Å². The van der Waals surface area contributed by atoms with E-state index < -0.39 is 11.6 Å². The molecule has 2 aromatic rings. The molecule has 0 aliphatic heterocycles. The normalized spacial score (nSPS) is 12.3. The Bertz CT molecular complexity index is 828. The summed E-state index contributed by atoms with van der Waals surface area (Å²) in [4.78, 5) is 0. The molecule has 0 saturated carbocycles. The maximum absolute atomic E-state index is 14.6. The van der Waals surface area contributed by atoms with Crippen molar-refractivity contribution in [3.63, 3.8) is 0 Å². The molecule has 0 aliphatic rings. The summed E-state index contributed by atoms with van der Waals surface area (Å²) in [6.45, 7) is 9.07. The van der Waals surface area contributed by atoms with E-state index in [1.165, 1.54) is 12.8 Å². The van der Waals surface area contributed by atoms with Crippen LogP contribution in [0.2, 0.25) is 0 Å². The van der Waals surface area contributed by atoms with Crippen molar-refractivity contribution in [3.8, 4) is 16.9 Å². The molecule has 0 N–H and O–H groups in total. The largest absolute Gasteiger partial charge is 0.490 e. The van der Waals surface area contributed by atoms with Gasteiger partial charge in [0.2, 0.25) is 0 Å². The molecule has 0 bridgehead atoms. The zero-order chi connectivity index (χ0) is 22.5. The predicted molar refractivity (Wildman–Crippen MR) is 125 cm³/mol. The van der Waals surface area contributed by atoms with Gasteiger partial charge in [0.15, 0.2) is 11.6 Å². The van der Waals surface area contributed by atoms with E-state index in [9.17, 15) is 8.78 Å². The van der Waals surface area contributed by atoms with Crippen LogP contribution < -0.4 is 4.74 Å². The average Bonchev–Trinajstić information content (AvgIpc) is 2.78. The van der Waals surface area contributed by atoms with Gasteiger partial charge in [-0.15, -0.1) is 0 Å². The zero-order valence-electron chi connectivity index (χ0n) is 18.7.